The topological polar surface area (TPSA) is 94.1 Å². The van der Waals surface area contributed by atoms with E-state index in [9.17, 15) is 13.2 Å². The smallest absolute Gasteiger partial charge is 0.284 e. The molecule has 3 aromatic carbocycles. The van der Waals surface area contributed by atoms with Gasteiger partial charge in [-0.05, 0) is 25.1 Å². The van der Waals surface area contributed by atoms with E-state index in [1.807, 2.05) is 6.07 Å². The zero-order valence-electron chi connectivity index (χ0n) is 16.0. The largest absolute Gasteiger partial charge is 0.454 e. The van der Waals surface area contributed by atoms with Crippen molar-refractivity contribution in [2.45, 2.75) is 11.8 Å². The van der Waals surface area contributed by atoms with Crippen molar-refractivity contribution in [3.8, 4) is 11.5 Å². The molecule has 0 unspecified atom stereocenters. The van der Waals surface area contributed by atoms with Gasteiger partial charge in [-0.2, -0.15) is 8.42 Å². The van der Waals surface area contributed by atoms with Crippen LogP contribution in [0.15, 0.2) is 82.1 Å². The molecule has 1 aliphatic heterocycles. The van der Waals surface area contributed by atoms with E-state index in [2.05, 4.69) is 9.71 Å². The van der Waals surface area contributed by atoms with E-state index >= 15 is 0 Å². The number of amidine groups is 1. The molecule has 0 saturated heterocycles. The number of nitrogens with zero attached hydrogens (tertiary/aromatic N) is 1. The maximum atomic E-state index is 12.9. The number of nitrogens with one attached hydrogen (secondary N) is 1. The molecule has 0 atom stereocenters. The monoisotopic (exact) mass is 422 g/mol. The second-order valence-electron chi connectivity index (χ2n) is 6.53. The van der Waals surface area contributed by atoms with E-state index in [0.717, 1.165) is 0 Å². The molecule has 3 aromatic rings. The number of sulfonamides is 1. The SMILES string of the molecule is CC(=O)c1cc2c(cc1N/C(=N/S(=O)(=O)c1ccccc1)c1ccccc1)OCO2. The standard InChI is InChI=1S/C22H18N2O5S/c1-15(25)18-12-20-21(29-14-28-20)13-19(18)23-22(16-8-4-2-5-9-16)24-30(26,27)17-10-6-3-7-11-17/h2-13H,14H2,1H3,(H,23,24). The van der Waals surface area contributed by atoms with Gasteiger partial charge in [-0.3, -0.25) is 4.79 Å². The summed E-state index contributed by atoms with van der Waals surface area (Å²) < 4.78 is 40.5. The molecular weight excluding hydrogens is 404 g/mol. The van der Waals surface area contributed by atoms with Gasteiger partial charge in [0.05, 0.1) is 10.6 Å². The summed E-state index contributed by atoms with van der Waals surface area (Å²) in [6.45, 7) is 1.47. The van der Waals surface area contributed by atoms with Crippen LogP contribution in [0.5, 0.6) is 11.5 Å². The summed E-state index contributed by atoms with van der Waals surface area (Å²) >= 11 is 0. The summed E-state index contributed by atoms with van der Waals surface area (Å²) in [6, 6.07) is 19.9. The molecule has 0 aromatic heterocycles. The molecule has 0 amide bonds. The minimum atomic E-state index is -3.99. The van der Waals surface area contributed by atoms with Crippen molar-refractivity contribution in [3.05, 3.63) is 83.9 Å². The van der Waals surface area contributed by atoms with Crippen LogP contribution >= 0.6 is 0 Å². The van der Waals surface area contributed by atoms with Crippen molar-refractivity contribution in [2.24, 2.45) is 4.40 Å². The Hall–Kier alpha value is -3.65. The Morgan fingerprint density at radius 1 is 0.933 bits per heavy atom. The molecule has 4 rings (SSSR count). The molecule has 0 saturated carbocycles. The van der Waals surface area contributed by atoms with E-state index in [-0.39, 0.29) is 23.3 Å². The van der Waals surface area contributed by atoms with Gasteiger partial charge >= 0.3 is 0 Å². The Bertz CT molecular complexity index is 1220. The van der Waals surface area contributed by atoms with Crippen molar-refractivity contribution >= 4 is 27.3 Å². The number of carbonyl (C=O) groups excluding carboxylic acids is 1. The van der Waals surface area contributed by atoms with Crippen LogP contribution < -0.4 is 14.8 Å². The molecule has 152 valence electrons. The Morgan fingerprint density at radius 3 is 2.17 bits per heavy atom. The van der Waals surface area contributed by atoms with Crippen molar-refractivity contribution in [3.63, 3.8) is 0 Å². The zero-order chi connectivity index (χ0) is 21.1. The lowest BCUT2D eigenvalue weighted by molar-refractivity contribution is 0.101. The minimum absolute atomic E-state index is 0.0537. The Balaban J connectivity index is 1.82. The fourth-order valence-corrected chi connectivity index (χ4v) is 3.97. The average Bonchev–Trinajstić information content (AvgIpc) is 3.21. The van der Waals surface area contributed by atoms with Gasteiger partial charge in [-0.1, -0.05) is 48.5 Å². The lowest BCUT2D eigenvalue weighted by Gasteiger charge is -2.14. The van der Waals surface area contributed by atoms with E-state index in [1.54, 1.807) is 54.6 Å². The molecule has 0 fully saturated rings. The van der Waals surface area contributed by atoms with Gasteiger partial charge in [0.25, 0.3) is 10.0 Å². The number of ether oxygens (including phenoxy) is 2. The summed E-state index contributed by atoms with van der Waals surface area (Å²) in [5.41, 5.74) is 1.25. The third-order valence-corrected chi connectivity index (χ3v) is 5.74. The third kappa shape index (κ3) is 4.04. The Kier molecular flexibility index (Phi) is 5.24. The highest BCUT2D eigenvalue weighted by molar-refractivity contribution is 7.90. The first-order chi connectivity index (χ1) is 14.4. The van der Waals surface area contributed by atoms with Crippen LogP contribution in [0.2, 0.25) is 0 Å². The van der Waals surface area contributed by atoms with E-state index in [0.29, 0.717) is 28.3 Å². The number of hydrogen-bond donors (Lipinski definition) is 1. The van der Waals surface area contributed by atoms with Gasteiger partial charge in [0.2, 0.25) is 6.79 Å². The van der Waals surface area contributed by atoms with E-state index < -0.39 is 10.0 Å². The zero-order valence-corrected chi connectivity index (χ0v) is 16.8. The van der Waals surface area contributed by atoms with Crippen LogP contribution in [0.1, 0.15) is 22.8 Å². The van der Waals surface area contributed by atoms with Gasteiger partial charge in [-0.25, -0.2) is 0 Å². The molecule has 7 nitrogen and oxygen atoms in total. The molecule has 0 spiro atoms. The molecule has 8 heteroatoms. The average molecular weight is 422 g/mol. The Morgan fingerprint density at radius 2 is 1.53 bits per heavy atom. The number of carbonyl (C=O) groups is 1. The molecule has 0 aliphatic carbocycles. The second-order valence-corrected chi connectivity index (χ2v) is 8.13. The van der Waals surface area contributed by atoms with Crippen LogP contribution in [-0.2, 0) is 10.0 Å². The molecule has 30 heavy (non-hydrogen) atoms. The molecule has 1 aliphatic rings. The third-order valence-electron chi connectivity index (χ3n) is 4.44. The molecule has 1 heterocycles. The highest BCUT2D eigenvalue weighted by atomic mass is 32.2. The summed E-state index contributed by atoms with van der Waals surface area (Å²) in [7, 11) is -3.99. The number of hydrogen-bond acceptors (Lipinski definition) is 5. The van der Waals surface area contributed by atoms with E-state index in [1.165, 1.54) is 19.1 Å². The molecular formula is C22H18N2O5S. The fraction of sp³-hybridized carbons (Fsp3) is 0.0909. The quantitative estimate of drug-likeness (QED) is 0.381. The van der Waals surface area contributed by atoms with Crippen LogP contribution in [0.25, 0.3) is 0 Å². The summed E-state index contributed by atoms with van der Waals surface area (Å²) in [4.78, 5) is 12.3. The first-order valence-electron chi connectivity index (χ1n) is 9.11. The van der Waals surface area contributed by atoms with Gasteiger partial charge in [0.1, 0.15) is 0 Å². The first kappa shape index (κ1) is 19.7. The van der Waals surface area contributed by atoms with E-state index in [4.69, 9.17) is 9.47 Å². The summed E-state index contributed by atoms with van der Waals surface area (Å²) in [6.07, 6.45) is 0. The minimum Gasteiger partial charge on any atom is -0.454 e. The number of benzene rings is 3. The van der Waals surface area contributed by atoms with Gasteiger partial charge < -0.3 is 14.8 Å². The van der Waals surface area contributed by atoms with Gasteiger partial charge in [0, 0.05) is 17.2 Å². The van der Waals surface area contributed by atoms with Crippen LogP contribution in [-0.4, -0.2) is 26.8 Å². The Labute approximate surface area is 174 Å². The van der Waals surface area contributed by atoms with Crippen molar-refractivity contribution in [1.82, 2.24) is 0 Å². The van der Waals surface area contributed by atoms with Gasteiger partial charge in [-0.15, -0.1) is 4.40 Å². The highest BCUT2D eigenvalue weighted by Gasteiger charge is 2.22. The van der Waals surface area contributed by atoms with Gasteiger partial charge in [0.15, 0.2) is 23.1 Å². The molecule has 0 bridgehead atoms. The fourth-order valence-electron chi connectivity index (χ4n) is 2.97. The number of anilines is 1. The number of rotatable bonds is 5. The molecule has 0 radical (unpaired) electrons. The normalized spacial score (nSPS) is 13.2. The second kappa shape index (κ2) is 8.00. The first-order valence-corrected chi connectivity index (χ1v) is 10.5. The van der Waals surface area contributed by atoms with Crippen molar-refractivity contribution in [2.75, 3.05) is 12.1 Å². The molecule has 1 N–H and O–H groups in total. The van der Waals surface area contributed by atoms with Crippen LogP contribution in [0, 0.1) is 0 Å². The van der Waals surface area contributed by atoms with Crippen LogP contribution in [0.3, 0.4) is 0 Å². The summed E-state index contributed by atoms with van der Waals surface area (Å²) in [5.74, 6) is 0.789. The maximum Gasteiger partial charge on any atom is 0.284 e. The summed E-state index contributed by atoms with van der Waals surface area (Å²) in [5, 5.41) is 3.02. The number of Topliss-reactive ketones (excluding diaryl/α,β-unsaturated/α-hetero) is 1. The van der Waals surface area contributed by atoms with Crippen molar-refractivity contribution in [1.29, 1.82) is 0 Å². The lowest BCUT2D eigenvalue weighted by Crippen LogP contribution is -2.18. The number of fused-ring (bicyclic) bond motifs is 1. The highest BCUT2D eigenvalue weighted by Crippen LogP contribution is 2.37. The van der Waals surface area contributed by atoms with Crippen LogP contribution in [0.4, 0.5) is 5.69 Å². The van der Waals surface area contributed by atoms with Crippen molar-refractivity contribution < 1.29 is 22.7 Å². The predicted octanol–water partition coefficient (Wildman–Crippen LogP) is 3.87. The lowest BCUT2D eigenvalue weighted by atomic mass is 10.1. The maximum absolute atomic E-state index is 12.9. The predicted molar refractivity (Wildman–Crippen MR) is 113 cm³/mol. The number of ketones is 1.